The van der Waals surface area contributed by atoms with Gasteiger partial charge in [-0.25, -0.2) is 9.69 Å². The first-order valence-electron chi connectivity index (χ1n) is 10.5. The molecule has 0 aliphatic carbocycles. The number of carbonyl (C=O) groups is 1. The molecular formula is C26H25Cl2N2O3+. The molecule has 170 valence electrons. The summed E-state index contributed by atoms with van der Waals surface area (Å²) >= 11 is 12.4. The Labute approximate surface area is 203 Å². The summed E-state index contributed by atoms with van der Waals surface area (Å²) < 4.78 is 12.8. The normalized spacial score (nSPS) is 19.8. The van der Waals surface area contributed by atoms with E-state index in [0.29, 0.717) is 16.6 Å². The van der Waals surface area contributed by atoms with E-state index in [2.05, 4.69) is 4.58 Å². The molecule has 0 saturated carbocycles. The fourth-order valence-corrected chi connectivity index (χ4v) is 4.81. The van der Waals surface area contributed by atoms with Crippen molar-refractivity contribution in [1.82, 2.24) is 4.90 Å². The van der Waals surface area contributed by atoms with Crippen LogP contribution in [0.2, 0.25) is 10.0 Å². The molecule has 1 aliphatic rings. The van der Waals surface area contributed by atoms with E-state index >= 15 is 0 Å². The molecule has 0 N–H and O–H groups in total. The van der Waals surface area contributed by atoms with Crippen LogP contribution in [0.5, 0.6) is 5.75 Å². The number of hydrogen-bond acceptors (Lipinski definition) is 4. The molecule has 0 saturated heterocycles. The van der Waals surface area contributed by atoms with E-state index in [0.717, 1.165) is 22.4 Å². The minimum Gasteiger partial charge on any atom is -0.497 e. The van der Waals surface area contributed by atoms with E-state index in [1.54, 1.807) is 19.2 Å². The number of ether oxygens (including phenoxy) is 2. The Morgan fingerprint density at radius 3 is 2.06 bits per heavy atom. The molecule has 7 heteroatoms. The van der Waals surface area contributed by atoms with Crippen LogP contribution in [0.25, 0.3) is 0 Å². The van der Waals surface area contributed by atoms with Crippen molar-refractivity contribution < 1.29 is 18.8 Å². The summed E-state index contributed by atoms with van der Waals surface area (Å²) in [6.45, 7) is 0.577. The maximum atomic E-state index is 13.6. The molecule has 0 aromatic heterocycles. The van der Waals surface area contributed by atoms with Gasteiger partial charge in [0.05, 0.1) is 21.3 Å². The maximum absolute atomic E-state index is 13.6. The highest BCUT2D eigenvalue weighted by atomic mass is 35.5. The van der Waals surface area contributed by atoms with Gasteiger partial charge in [0.15, 0.2) is 6.04 Å². The number of nitrogens with zero attached hydrogens (tertiary/aromatic N) is 2. The number of carbonyl (C=O) groups excluding carboxylic acids is 1. The molecule has 33 heavy (non-hydrogen) atoms. The zero-order valence-corrected chi connectivity index (χ0v) is 20.2. The van der Waals surface area contributed by atoms with Crippen LogP contribution in [-0.2, 0) is 21.6 Å². The second-order valence-corrected chi connectivity index (χ2v) is 8.84. The van der Waals surface area contributed by atoms with Gasteiger partial charge < -0.3 is 9.47 Å². The van der Waals surface area contributed by atoms with Gasteiger partial charge in [0.2, 0.25) is 6.34 Å². The molecule has 0 radical (unpaired) electrons. The maximum Gasteiger partial charge on any atom is 0.364 e. The Kier molecular flexibility index (Phi) is 6.63. The Bertz CT molecular complexity index is 1160. The summed E-state index contributed by atoms with van der Waals surface area (Å²) in [5.41, 5.74) is 1.68. The van der Waals surface area contributed by atoms with Crippen molar-refractivity contribution in [1.29, 1.82) is 0 Å². The number of likely N-dealkylation sites (N-methyl/N-ethyl adjacent to an activating group) is 1. The second kappa shape index (κ2) is 9.46. The van der Waals surface area contributed by atoms with Crippen molar-refractivity contribution in [2.24, 2.45) is 0 Å². The monoisotopic (exact) mass is 483 g/mol. The number of benzene rings is 3. The molecule has 0 spiro atoms. The minimum absolute atomic E-state index is 0.360. The number of esters is 1. The van der Waals surface area contributed by atoms with E-state index in [-0.39, 0.29) is 12.0 Å². The number of rotatable bonds is 6. The van der Waals surface area contributed by atoms with Crippen LogP contribution >= 0.6 is 23.2 Å². The molecular weight excluding hydrogens is 459 g/mol. The van der Waals surface area contributed by atoms with Gasteiger partial charge in [-0.1, -0.05) is 59.6 Å². The van der Waals surface area contributed by atoms with Gasteiger partial charge in [-0.15, -0.1) is 0 Å². The minimum atomic E-state index is -1.13. The Hall–Kier alpha value is -3.02. The SMILES string of the molecule is COC(=O)[C@]1(c2ccc(Cl)cc2)[C@@H](c2ccc(Cl)cc2)[N+](Cc2ccc(OC)cc2)=CN1C. The van der Waals surface area contributed by atoms with Crippen LogP contribution in [0, 0.1) is 0 Å². The standard InChI is InChI=1S/C26H25Cl2N2O3/c1-29-17-30(16-18-4-14-23(32-2)15-5-18)24(19-6-10-21(27)11-7-19)26(29,25(31)33-3)20-8-12-22(28)13-9-20/h4-15,17,24H,16H2,1-3H3/q+1/t24-,26+/m1/s1. The van der Waals surface area contributed by atoms with Crippen molar-refractivity contribution in [2.75, 3.05) is 21.3 Å². The van der Waals surface area contributed by atoms with E-state index in [1.807, 2.05) is 78.9 Å². The topological polar surface area (TPSA) is 41.8 Å². The third-order valence-electron chi connectivity index (χ3n) is 6.10. The highest BCUT2D eigenvalue weighted by Crippen LogP contribution is 2.46. The second-order valence-electron chi connectivity index (χ2n) is 7.97. The third-order valence-corrected chi connectivity index (χ3v) is 6.60. The van der Waals surface area contributed by atoms with Crippen molar-refractivity contribution in [3.05, 3.63) is 99.5 Å². The predicted octanol–water partition coefficient (Wildman–Crippen LogP) is 5.30. The molecule has 1 aliphatic heterocycles. The summed E-state index contributed by atoms with van der Waals surface area (Å²) in [5, 5.41) is 1.23. The molecule has 3 aromatic carbocycles. The zero-order chi connectivity index (χ0) is 23.6. The Morgan fingerprint density at radius 1 is 0.939 bits per heavy atom. The van der Waals surface area contributed by atoms with Crippen molar-refractivity contribution in [3.8, 4) is 5.75 Å². The largest absolute Gasteiger partial charge is 0.497 e. The lowest BCUT2D eigenvalue weighted by molar-refractivity contribution is -0.582. The van der Waals surface area contributed by atoms with Crippen LogP contribution in [0.3, 0.4) is 0 Å². The molecule has 2 atom stereocenters. The summed E-state index contributed by atoms with van der Waals surface area (Å²) in [4.78, 5) is 15.5. The third kappa shape index (κ3) is 4.19. The summed E-state index contributed by atoms with van der Waals surface area (Å²) in [6, 6.07) is 22.4. The first kappa shape index (κ1) is 23.1. The highest BCUT2D eigenvalue weighted by molar-refractivity contribution is 6.30. The number of methoxy groups -OCH3 is 2. The average molecular weight is 484 g/mol. The first-order chi connectivity index (χ1) is 15.9. The van der Waals surface area contributed by atoms with Gasteiger partial charge in [0.1, 0.15) is 12.3 Å². The fourth-order valence-electron chi connectivity index (χ4n) is 4.56. The molecule has 0 bridgehead atoms. The van der Waals surface area contributed by atoms with Gasteiger partial charge in [-0.3, -0.25) is 4.58 Å². The zero-order valence-electron chi connectivity index (χ0n) is 18.7. The van der Waals surface area contributed by atoms with Crippen LogP contribution in [0.4, 0.5) is 0 Å². The molecule has 5 nitrogen and oxygen atoms in total. The number of halogens is 2. The average Bonchev–Trinajstić information content (AvgIpc) is 3.12. The number of hydrogen-bond donors (Lipinski definition) is 0. The smallest absolute Gasteiger partial charge is 0.364 e. The summed E-state index contributed by atoms with van der Waals surface area (Å²) in [6.07, 6.45) is 1.97. The molecule has 3 aromatic rings. The molecule has 1 heterocycles. The quantitative estimate of drug-likeness (QED) is 0.352. The van der Waals surface area contributed by atoms with Crippen LogP contribution in [0.1, 0.15) is 22.7 Å². The lowest BCUT2D eigenvalue weighted by Gasteiger charge is -2.33. The van der Waals surface area contributed by atoms with E-state index in [4.69, 9.17) is 32.7 Å². The molecule has 0 fully saturated rings. The van der Waals surface area contributed by atoms with Gasteiger partial charge in [-0.05, 0) is 42.0 Å². The van der Waals surface area contributed by atoms with Gasteiger partial charge in [0.25, 0.3) is 5.54 Å². The highest BCUT2D eigenvalue weighted by Gasteiger charge is 2.63. The van der Waals surface area contributed by atoms with Gasteiger partial charge >= 0.3 is 5.97 Å². The molecule has 0 unspecified atom stereocenters. The van der Waals surface area contributed by atoms with E-state index in [1.165, 1.54) is 7.11 Å². The molecule has 4 rings (SSSR count). The van der Waals surface area contributed by atoms with Crippen molar-refractivity contribution in [3.63, 3.8) is 0 Å². The lowest BCUT2D eigenvalue weighted by atomic mass is 9.78. The van der Waals surface area contributed by atoms with Crippen molar-refractivity contribution >= 4 is 35.5 Å². The lowest BCUT2D eigenvalue weighted by Crippen LogP contribution is -2.51. The predicted molar refractivity (Wildman–Crippen MR) is 130 cm³/mol. The Balaban J connectivity index is 1.88. The van der Waals surface area contributed by atoms with E-state index in [9.17, 15) is 4.79 Å². The first-order valence-corrected chi connectivity index (χ1v) is 11.2. The fraction of sp³-hybridized carbons (Fsp3) is 0.231. The summed E-state index contributed by atoms with van der Waals surface area (Å²) in [7, 11) is 4.95. The van der Waals surface area contributed by atoms with Crippen LogP contribution < -0.4 is 4.74 Å². The van der Waals surface area contributed by atoms with Gasteiger partial charge in [-0.2, -0.15) is 0 Å². The molecule has 0 amide bonds. The van der Waals surface area contributed by atoms with Crippen molar-refractivity contribution in [2.45, 2.75) is 18.1 Å². The Morgan fingerprint density at radius 2 is 1.52 bits per heavy atom. The van der Waals surface area contributed by atoms with Crippen LogP contribution in [0.15, 0.2) is 72.8 Å². The van der Waals surface area contributed by atoms with Crippen LogP contribution in [-0.4, -0.2) is 43.1 Å². The van der Waals surface area contributed by atoms with Gasteiger partial charge in [0, 0.05) is 21.2 Å². The van der Waals surface area contributed by atoms with E-state index < -0.39 is 5.54 Å². The summed E-state index contributed by atoms with van der Waals surface area (Å²) in [5.74, 6) is 0.432.